The van der Waals surface area contributed by atoms with E-state index in [-0.39, 0.29) is 17.5 Å². The summed E-state index contributed by atoms with van der Waals surface area (Å²) < 4.78 is 0. The molecule has 0 bridgehead atoms. The van der Waals surface area contributed by atoms with Gasteiger partial charge in [-0.3, -0.25) is 19.9 Å². The van der Waals surface area contributed by atoms with Crippen LogP contribution in [-0.2, 0) is 0 Å². The standard InChI is InChI=1S/C16H15N3O4/c20-15-7-5-12(6-8-15)17-9-2-10-18(16(17)21)13-3-1-4-14(11-13)19(22)23/h1,3-8,11,20H,2,9-10H2. The lowest BCUT2D eigenvalue weighted by Gasteiger charge is -2.35. The molecule has 3 rings (SSSR count). The molecule has 2 aromatic rings. The molecule has 7 heteroatoms. The largest absolute Gasteiger partial charge is 0.508 e. The molecule has 118 valence electrons. The first kappa shape index (κ1) is 14.8. The van der Waals surface area contributed by atoms with E-state index < -0.39 is 4.92 Å². The van der Waals surface area contributed by atoms with Gasteiger partial charge in [0.25, 0.3) is 5.69 Å². The highest BCUT2D eigenvalue weighted by Crippen LogP contribution is 2.27. The van der Waals surface area contributed by atoms with Crippen molar-refractivity contribution in [2.24, 2.45) is 0 Å². The molecule has 1 aliphatic heterocycles. The number of carbonyl (C=O) groups excluding carboxylic acids is 1. The Labute approximate surface area is 132 Å². The molecular formula is C16H15N3O4. The highest BCUT2D eigenvalue weighted by Gasteiger charge is 2.28. The van der Waals surface area contributed by atoms with E-state index in [9.17, 15) is 20.0 Å². The molecular weight excluding hydrogens is 298 g/mol. The molecule has 0 saturated carbocycles. The van der Waals surface area contributed by atoms with Crippen molar-refractivity contribution in [2.45, 2.75) is 6.42 Å². The van der Waals surface area contributed by atoms with Crippen molar-refractivity contribution in [1.82, 2.24) is 0 Å². The average molecular weight is 313 g/mol. The number of hydrogen-bond donors (Lipinski definition) is 1. The van der Waals surface area contributed by atoms with Crippen molar-refractivity contribution < 1.29 is 14.8 Å². The van der Waals surface area contributed by atoms with E-state index in [4.69, 9.17) is 0 Å². The minimum atomic E-state index is -0.477. The predicted octanol–water partition coefficient (Wildman–Crippen LogP) is 3.14. The van der Waals surface area contributed by atoms with Crippen molar-refractivity contribution in [3.63, 3.8) is 0 Å². The molecule has 1 N–H and O–H groups in total. The van der Waals surface area contributed by atoms with Crippen LogP contribution >= 0.6 is 0 Å². The van der Waals surface area contributed by atoms with Crippen LogP contribution in [0, 0.1) is 10.1 Å². The van der Waals surface area contributed by atoms with E-state index in [0.717, 1.165) is 6.42 Å². The Morgan fingerprint density at radius 2 is 1.65 bits per heavy atom. The molecule has 1 saturated heterocycles. The molecule has 7 nitrogen and oxygen atoms in total. The van der Waals surface area contributed by atoms with Gasteiger partial charge in [0.05, 0.1) is 10.6 Å². The summed E-state index contributed by atoms with van der Waals surface area (Å²) in [6.07, 6.45) is 0.745. The molecule has 2 aromatic carbocycles. The SMILES string of the molecule is O=C1N(c2ccc(O)cc2)CCCN1c1cccc([N+](=O)[O-])c1. The van der Waals surface area contributed by atoms with Gasteiger partial charge in [0.1, 0.15) is 5.75 Å². The molecule has 2 amide bonds. The number of phenolic OH excluding ortho intramolecular Hbond substituents is 1. The van der Waals surface area contributed by atoms with Crippen LogP contribution in [-0.4, -0.2) is 29.2 Å². The van der Waals surface area contributed by atoms with E-state index in [1.165, 1.54) is 29.2 Å². The summed E-state index contributed by atoms with van der Waals surface area (Å²) in [6, 6.07) is 12.2. The Morgan fingerprint density at radius 3 is 2.30 bits per heavy atom. The molecule has 0 atom stereocenters. The monoisotopic (exact) mass is 313 g/mol. The zero-order chi connectivity index (χ0) is 16.4. The Morgan fingerprint density at radius 1 is 1.00 bits per heavy atom. The maximum absolute atomic E-state index is 12.7. The number of hydrogen-bond acceptors (Lipinski definition) is 4. The van der Waals surface area contributed by atoms with Crippen molar-refractivity contribution in [2.75, 3.05) is 22.9 Å². The van der Waals surface area contributed by atoms with Crippen LogP contribution in [0.15, 0.2) is 48.5 Å². The lowest BCUT2D eigenvalue weighted by atomic mass is 10.2. The summed E-state index contributed by atoms with van der Waals surface area (Å²) in [7, 11) is 0. The molecule has 23 heavy (non-hydrogen) atoms. The molecule has 1 heterocycles. The summed E-state index contributed by atoms with van der Waals surface area (Å²) >= 11 is 0. The fourth-order valence-electron chi connectivity index (χ4n) is 2.61. The van der Waals surface area contributed by atoms with Gasteiger partial charge in [0.2, 0.25) is 0 Å². The van der Waals surface area contributed by atoms with Gasteiger partial charge in [0.15, 0.2) is 0 Å². The normalized spacial score (nSPS) is 14.9. The smallest absolute Gasteiger partial charge is 0.328 e. The van der Waals surface area contributed by atoms with Gasteiger partial charge >= 0.3 is 6.03 Å². The van der Waals surface area contributed by atoms with Crippen LogP contribution < -0.4 is 9.80 Å². The second-order valence-corrected chi connectivity index (χ2v) is 5.23. The number of benzene rings is 2. The maximum atomic E-state index is 12.7. The number of amides is 2. The zero-order valence-electron chi connectivity index (χ0n) is 12.3. The summed E-state index contributed by atoms with van der Waals surface area (Å²) in [5.41, 5.74) is 1.15. The minimum Gasteiger partial charge on any atom is -0.508 e. The van der Waals surface area contributed by atoms with Crippen LogP contribution in [0.25, 0.3) is 0 Å². The van der Waals surface area contributed by atoms with Gasteiger partial charge in [-0.15, -0.1) is 0 Å². The quantitative estimate of drug-likeness (QED) is 0.696. The molecule has 0 radical (unpaired) electrons. The highest BCUT2D eigenvalue weighted by molar-refractivity contribution is 6.04. The third-order valence-corrected chi connectivity index (χ3v) is 3.74. The third-order valence-electron chi connectivity index (χ3n) is 3.74. The number of nitro benzene ring substituents is 1. The van der Waals surface area contributed by atoms with Crippen LogP contribution in [0.5, 0.6) is 5.75 Å². The van der Waals surface area contributed by atoms with Crippen LogP contribution in [0.3, 0.4) is 0 Å². The molecule has 0 aliphatic carbocycles. The van der Waals surface area contributed by atoms with Crippen molar-refractivity contribution in [1.29, 1.82) is 0 Å². The fraction of sp³-hybridized carbons (Fsp3) is 0.188. The maximum Gasteiger partial charge on any atom is 0.328 e. The molecule has 1 aliphatic rings. The number of aromatic hydroxyl groups is 1. The minimum absolute atomic E-state index is 0.0444. The Balaban J connectivity index is 1.89. The van der Waals surface area contributed by atoms with Crippen LogP contribution in [0.1, 0.15) is 6.42 Å². The van der Waals surface area contributed by atoms with Crippen LogP contribution in [0.4, 0.5) is 21.9 Å². The third kappa shape index (κ3) is 2.94. The number of rotatable bonds is 3. The Bertz CT molecular complexity index is 745. The molecule has 1 fully saturated rings. The van der Waals surface area contributed by atoms with Crippen molar-refractivity contribution >= 4 is 23.1 Å². The Hall–Kier alpha value is -3.09. The molecule has 0 unspecified atom stereocenters. The lowest BCUT2D eigenvalue weighted by molar-refractivity contribution is -0.384. The van der Waals surface area contributed by atoms with E-state index >= 15 is 0 Å². The fourth-order valence-corrected chi connectivity index (χ4v) is 2.61. The topological polar surface area (TPSA) is 86.9 Å². The molecule has 0 aromatic heterocycles. The Kier molecular flexibility index (Phi) is 3.84. The van der Waals surface area contributed by atoms with Crippen molar-refractivity contribution in [3.8, 4) is 5.75 Å². The van der Waals surface area contributed by atoms with E-state index in [2.05, 4.69) is 0 Å². The predicted molar refractivity (Wildman–Crippen MR) is 85.9 cm³/mol. The second-order valence-electron chi connectivity index (χ2n) is 5.23. The van der Waals surface area contributed by atoms with Gasteiger partial charge in [0, 0.05) is 30.9 Å². The van der Waals surface area contributed by atoms with Gasteiger partial charge in [-0.2, -0.15) is 0 Å². The summed E-state index contributed by atoms with van der Waals surface area (Å²) in [6.45, 7) is 1.07. The number of phenols is 1. The lowest BCUT2D eigenvalue weighted by Crippen LogP contribution is -2.49. The van der Waals surface area contributed by atoms with E-state index in [1.807, 2.05) is 0 Å². The van der Waals surface area contributed by atoms with Crippen LogP contribution in [0.2, 0.25) is 0 Å². The summed E-state index contributed by atoms with van der Waals surface area (Å²) in [5.74, 6) is 0.133. The van der Waals surface area contributed by atoms with Gasteiger partial charge in [-0.25, -0.2) is 4.79 Å². The second kappa shape index (κ2) is 5.96. The van der Waals surface area contributed by atoms with Gasteiger partial charge in [-0.1, -0.05) is 6.07 Å². The number of nitro groups is 1. The number of carbonyl (C=O) groups is 1. The molecule has 0 spiro atoms. The number of non-ortho nitro benzene ring substituents is 1. The number of urea groups is 1. The van der Waals surface area contributed by atoms with E-state index in [0.29, 0.717) is 24.5 Å². The first-order chi connectivity index (χ1) is 11.1. The summed E-state index contributed by atoms with van der Waals surface area (Å²) in [5, 5.41) is 20.3. The number of nitrogens with zero attached hydrogens (tertiary/aromatic N) is 3. The van der Waals surface area contributed by atoms with Gasteiger partial charge in [-0.05, 0) is 36.8 Å². The van der Waals surface area contributed by atoms with Gasteiger partial charge < -0.3 is 5.11 Å². The average Bonchev–Trinajstić information content (AvgIpc) is 2.56. The first-order valence-corrected chi connectivity index (χ1v) is 7.19. The first-order valence-electron chi connectivity index (χ1n) is 7.19. The summed E-state index contributed by atoms with van der Waals surface area (Å²) in [4.78, 5) is 26.3. The highest BCUT2D eigenvalue weighted by atomic mass is 16.6. The van der Waals surface area contributed by atoms with Crippen molar-refractivity contribution in [3.05, 3.63) is 58.6 Å². The zero-order valence-corrected chi connectivity index (χ0v) is 12.3. The number of anilines is 2. The van der Waals surface area contributed by atoms with E-state index in [1.54, 1.807) is 29.2 Å².